The van der Waals surface area contributed by atoms with Crippen LogP contribution in [-0.4, -0.2) is 13.2 Å². The van der Waals surface area contributed by atoms with Gasteiger partial charge in [-0.3, -0.25) is 5.32 Å². The molecule has 0 aromatic heterocycles. The number of rotatable bonds is 1. The van der Waals surface area contributed by atoms with E-state index in [-0.39, 0.29) is 18.6 Å². The third-order valence-electron chi connectivity index (χ3n) is 2.48. The Morgan fingerprint density at radius 2 is 1.82 bits per heavy atom. The van der Waals surface area contributed by atoms with Gasteiger partial charge in [-0.1, -0.05) is 12.1 Å². The van der Waals surface area contributed by atoms with Gasteiger partial charge in [0.1, 0.15) is 6.23 Å². The summed E-state index contributed by atoms with van der Waals surface area (Å²) in [4.78, 5) is 0. The summed E-state index contributed by atoms with van der Waals surface area (Å²) in [5, 5.41) is 3.09. The van der Waals surface area contributed by atoms with Gasteiger partial charge in [-0.2, -0.15) is 13.2 Å². The molecular weight excluding hydrogens is 255 g/mol. The SMILES string of the molecule is Cl.FC(F)(F)c1ccc(C2NCCCO2)cc1. The average molecular weight is 268 g/mol. The third-order valence-corrected chi connectivity index (χ3v) is 2.48. The molecule has 0 bridgehead atoms. The van der Waals surface area contributed by atoms with Crippen LogP contribution in [0.1, 0.15) is 23.8 Å². The highest BCUT2D eigenvalue weighted by Gasteiger charge is 2.30. The summed E-state index contributed by atoms with van der Waals surface area (Å²) < 4.78 is 42.3. The van der Waals surface area contributed by atoms with E-state index in [0.717, 1.165) is 30.7 Å². The molecule has 1 heterocycles. The summed E-state index contributed by atoms with van der Waals surface area (Å²) in [6.45, 7) is 1.46. The normalized spacial score (nSPS) is 20.8. The highest BCUT2D eigenvalue weighted by Crippen LogP contribution is 2.30. The average Bonchev–Trinajstić information content (AvgIpc) is 2.29. The lowest BCUT2D eigenvalue weighted by atomic mass is 10.1. The molecule has 0 radical (unpaired) electrons. The van der Waals surface area contributed by atoms with Crippen molar-refractivity contribution in [3.05, 3.63) is 35.4 Å². The van der Waals surface area contributed by atoms with Crippen LogP contribution in [0.5, 0.6) is 0 Å². The highest BCUT2D eigenvalue weighted by molar-refractivity contribution is 5.85. The number of ether oxygens (including phenoxy) is 1. The van der Waals surface area contributed by atoms with E-state index < -0.39 is 11.7 Å². The van der Waals surface area contributed by atoms with Crippen LogP contribution in [0.15, 0.2) is 24.3 Å². The molecule has 1 aromatic carbocycles. The second-order valence-electron chi connectivity index (χ2n) is 3.68. The molecule has 1 aliphatic heterocycles. The second-order valence-corrected chi connectivity index (χ2v) is 3.68. The summed E-state index contributed by atoms with van der Waals surface area (Å²) >= 11 is 0. The van der Waals surface area contributed by atoms with Crippen molar-refractivity contribution in [2.24, 2.45) is 0 Å². The number of hydrogen-bond donors (Lipinski definition) is 1. The van der Waals surface area contributed by atoms with Gasteiger partial charge in [-0.05, 0) is 24.1 Å². The predicted octanol–water partition coefficient (Wildman–Crippen LogP) is 3.14. The molecule has 96 valence electrons. The lowest BCUT2D eigenvalue weighted by Crippen LogP contribution is -2.31. The fourth-order valence-corrected chi connectivity index (χ4v) is 1.63. The standard InChI is InChI=1S/C11H12F3NO.ClH/c12-11(13,14)9-4-2-8(3-5-9)10-15-6-1-7-16-10;/h2-5,10,15H,1,6-7H2;1H. The summed E-state index contributed by atoms with van der Waals surface area (Å²) in [6, 6.07) is 5.06. The minimum Gasteiger partial charge on any atom is -0.359 e. The van der Waals surface area contributed by atoms with E-state index in [4.69, 9.17) is 4.74 Å². The molecule has 2 nitrogen and oxygen atoms in total. The zero-order valence-corrected chi connectivity index (χ0v) is 9.77. The van der Waals surface area contributed by atoms with E-state index in [1.165, 1.54) is 12.1 Å². The maximum absolute atomic E-state index is 12.3. The first-order valence-corrected chi connectivity index (χ1v) is 5.09. The Kier molecular flexibility index (Phi) is 4.80. The fraction of sp³-hybridized carbons (Fsp3) is 0.455. The van der Waals surface area contributed by atoms with E-state index in [1.54, 1.807) is 0 Å². The lowest BCUT2D eigenvalue weighted by molar-refractivity contribution is -0.137. The van der Waals surface area contributed by atoms with E-state index in [2.05, 4.69) is 5.32 Å². The van der Waals surface area contributed by atoms with Gasteiger partial charge in [0.05, 0.1) is 12.2 Å². The summed E-state index contributed by atoms with van der Waals surface area (Å²) in [5.74, 6) is 0. The van der Waals surface area contributed by atoms with Crippen molar-refractivity contribution in [1.82, 2.24) is 5.32 Å². The van der Waals surface area contributed by atoms with Crippen molar-refractivity contribution < 1.29 is 17.9 Å². The molecule has 1 aliphatic rings. The van der Waals surface area contributed by atoms with Crippen LogP contribution < -0.4 is 5.32 Å². The Bertz CT molecular complexity index is 347. The number of alkyl halides is 3. The molecule has 1 saturated heterocycles. The molecule has 2 rings (SSSR count). The van der Waals surface area contributed by atoms with Crippen LogP contribution >= 0.6 is 12.4 Å². The summed E-state index contributed by atoms with van der Waals surface area (Å²) in [5.41, 5.74) is 0.0970. The Hall–Kier alpha value is -0.780. The van der Waals surface area contributed by atoms with Crippen LogP contribution in [0, 0.1) is 0 Å². The Labute approximate surface area is 104 Å². The molecule has 1 fully saturated rings. The van der Waals surface area contributed by atoms with E-state index >= 15 is 0 Å². The fourth-order valence-electron chi connectivity index (χ4n) is 1.63. The van der Waals surface area contributed by atoms with Crippen molar-refractivity contribution in [2.45, 2.75) is 18.8 Å². The molecule has 1 atom stereocenters. The lowest BCUT2D eigenvalue weighted by Gasteiger charge is -2.24. The largest absolute Gasteiger partial charge is 0.416 e. The molecule has 1 aromatic rings. The van der Waals surface area contributed by atoms with Gasteiger partial charge < -0.3 is 4.74 Å². The van der Waals surface area contributed by atoms with Gasteiger partial charge in [0.2, 0.25) is 0 Å². The Morgan fingerprint density at radius 3 is 2.29 bits per heavy atom. The van der Waals surface area contributed by atoms with Gasteiger partial charge in [0.15, 0.2) is 0 Å². The number of benzene rings is 1. The van der Waals surface area contributed by atoms with Gasteiger partial charge in [-0.25, -0.2) is 0 Å². The Morgan fingerprint density at radius 1 is 1.18 bits per heavy atom. The first-order valence-electron chi connectivity index (χ1n) is 5.09. The molecule has 0 amide bonds. The zero-order valence-electron chi connectivity index (χ0n) is 8.96. The van der Waals surface area contributed by atoms with Crippen LogP contribution in [0.2, 0.25) is 0 Å². The molecule has 0 saturated carbocycles. The quantitative estimate of drug-likeness (QED) is 0.844. The monoisotopic (exact) mass is 267 g/mol. The molecular formula is C11H13ClF3NO. The Balaban J connectivity index is 0.00000144. The third kappa shape index (κ3) is 3.59. The van der Waals surface area contributed by atoms with Gasteiger partial charge in [-0.15, -0.1) is 12.4 Å². The molecule has 6 heteroatoms. The van der Waals surface area contributed by atoms with Gasteiger partial charge >= 0.3 is 6.18 Å². The van der Waals surface area contributed by atoms with Crippen molar-refractivity contribution in [2.75, 3.05) is 13.2 Å². The van der Waals surface area contributed by atoms with Crippen molar-refractivity contribution in [1.29, 1.82) is 0 Å². The number of halogens is 4. The van der Waals surface area contributed by atoms with Crippen LogP contribution in [-0.2, 0) is 10.9 Å². The number of hydrogen-bond acceptors (Lipinski definition) is 2. The molecule has 0 aliphatic carbocycles. The number of nitrogens with one attached hydrogen (secondary N) is 1. The van der Waals surface area contributed by atoms with Crippen molar-refractivity contribution >= 4 is 12.4 Å². The first-order chi connectivity index (χ1) is 7.57. The predicted molar refractivity (Wildman–Crippen MR) is 60.0 cm³/mol. The van der Waals surface area contributed by atoms with Gasteiger partial charge in [0.25, 0.3) is 0 Å². The smallest absolute Gasteiger partial charge is 0.359 e. The van der Waals surface area contributed by atoms with E-state index in [1.807, 2.05) is 0 Å². The minimum atomic E-state index is -4.28. The van der Waals surface area contributed by atoms with Crippen molar-refractivity contribution in [3.8, 4) is 0 Å². The summed E-state index contributed by atoms with van der Waals surface area (Å²) in [7, 11) is 0. The maximum Gasteiger partial charge on any atom is 0.416 e. The second kappa shape index (κ2) is 5.71. The molecule has 0 spiro atoms. The maximum atomic E-state index is 12.3. The van der Waals surface area contributed by atoms with E-state index in [9.17, 15) is 13.2 Å². The van der Waals surface area contributed by atoms with Crippen LogP contribution in [0.4, 0.5) is 13.2 Å². The minimum absolute atomic E-state index is 0. The molecule has 17 heavy (non-hydrogen) atoms. The molecule has 1 N–H and O–H groups in total. The van der Waals surface area contributed by atoms with Crippen LogP contribution in [0.25, 0.3) is 0 Å². The van der Waals surface area contributed by atoms with Crippen molar-refractivity contribution in [3.63, 3.8) is 0 Å². The van der Waals surface area contributed by atoms with Crippen LogP contribution in [0.3, 0.4) is 0 Å². The highest BCUT2D eigenvalue weighted by atomic mass is 35.5. The zero-order chi connectivity index (χ0) is 11.6. The molecule has 1 unspecified atom stereocenters. The summed E-state index contributed by atoms with van der Waals surface area (Å²) in [6.07, 6.45) is -3.63. The van der Waals surface area contributed by atoms with E-state index in [0.29, 0.717) is 6.61 Å². The van der Waals surface area contributed by atoms with Gasteiger partial charge in [0, 0.05) is 6.54 Å². The topological polar surface area (TPSA) is 21.3 Å². The first kappa shape index (κ1) is 14.3.